The van der Waals surface area contributed by atoms with E-state index in [1.807, 2.05) is 53.4 Å². The molecule has 1 heterocycles. The number of amides is 1. The summed E-state index contributed by atoms with van der Waals surface area (Å²) in [6.45, 7) is 1.22. The van der Waals surface area contributed by atoms with Crippen LogP contribution < -0.4 is 5.73 Å². The molecule has 1 saturated heterocycles. The second kappa shape index (κ2) is 8.73. The summed E-state index contributed by atoms with van der Waals surface area (Å²) in [5.41, 5.74) is 8.41. The van der Waals surface area contributed by atoms with Crippen molar-refractivity contribution in [3.63, 3.8) is 0 Å². The zero-order valence-electron chi connectivity index (χ0n) is 15.7. The average Bonchev–Trinajstić information content (AvgIpc) is 3.10. The van der Waals surface area contributed by atoms with Crippen LogP contribution in [0.4, 0.5) is 4.79 Å². The van der Waals surface area contributed by atoms with E-state index in [-0.39, 0.29) is 36.1 Å². The fourth-order valence-corrected chi connectivity index (χ4v) is 4.71. The monoisotopic (exact) mass is 420 g/mol. The summed E-state index contributed by atoms with van der Waals surface area (Å²) in [5.74, 6) is 0. The number of rotatable bonds is 4. The highest BCUT2D eigenvalue weighted by atomic mass is 35.5. The minimum absolute atomic E-state index is 0. The number of halogens is 2. The molecule has 1 saturated carbocycles. The largest absolute Gasteiger partial charge is 0.439 e. The van der Waals surface area contributed by atoms with Crippen LogP contribution in [0, 0.1) is 0 Å². The van der Waals surface area contributed by atoms with Crippen LogP contribution in [0.2, 0.25) is 5.02 Å². The van der Waals surface area contributed by atoms with Crippen LogP contribution in [0.25, 0.3) is 0 Å². The van der Waals surface area contributed by atoms with E-state index in [0.717, 1.165) is 36.3 Å². The number of nitrogens with zero attached hydrogens (tertiary/aromatic N) is 1. The van der Waals surface area contributed by atoms with Crippen molar-refractivity contribution < 1.29 is 9.53 Å². The lowest BCUT2D eigenvalue weighted by molar-refractivity contribution is 0.117. The standard InChI is InChI=1S/C22H25ClN2O2.ClH/c23-18-8-4-7-17(13-18)22(15-24)11-9-19(10-12-22)25-14-20(27-21(25)26)16-5-2-1-3-6-16;/h1-8,13,19-20H,9-12,14-15,24H2;1H/t19?,20-,22?;/m1./s1. The third-order valence-corrected chi connectivity index (χ3v) is 6.43. The first-order chi connectivity index (χ1) is 13.1. The van der Waals surface area contributed by atoms with Crippen molar-refractivity contribution in [3.8, 4) is 0 Å². The molecule has 28 heavy (non-hydrogen) atoms. The fraction of sp³-hybridized carbons (Fsp3) is 0.409. The summed E-state index contributed by atoms with van der Waals surface area (Å²) in [4.78, 5) is 14.4. The maximum Gasteiger partial charge on any atom is 0.410 e. The Morgan fingerprint density at radius 2 is 1.82 bits per heavy atom. The highest BCUT2D eigenvalue weighted by Crippen LogP contribution is 2.42. The molecule has 2 aliphatic rings. The lowest BCUT2D eigenvalue weighted by atomic mass is 9.68. The van der Waals surface area contributed by atoms with E-state index >= 15 is 0 Å². The molecule has 0 unspecified atom stereocenters. The number of carbonyl (C=O) groups excluding carboxylic acids is 1. The average molecular weight is 421 g/mol. The Hall–Kier alpha value is -1.75. The maximum absolute atomic E-state index is 12.5. The van der Waals surface area contributed by atoms with E-state index in [0.29, 0.717) is 13.1 Å². The molecule has 0 spiro atoms. The van der Waals surface area contributed by atoms with Crippen LogP contribution >= 0.6 is 24.0 Å². The van der Waals surface area contributed by atoms with Crippen LogP contribution in [0.3, 0.4) is 0 Å². The van der Waals surface area contributed by atoms with E-state index in [4.69, 9.17) is 22.1 Å². The summed E-state index contributed by atoms with van der Waals surface area (Å²) in [6, 6.07) is 18.2. The van der Waals surface area contributed by atoms with E-state index < -0.39 is 0 Å². The van der Waals surface area contributed by atoms with Crippen molar-refractivity contribution in [1.29, 1.82) is 0 Å². The number of nitrogens with two attached hydrogens (primary N) is 1. The zero-order chi connectivity index (χ0) is 18.9. The highest BCUT2D eigenvalue weighted by Gasteiger charge is 2.42. The number of hydrogen-bond acceptors (Lipinski definition) is 3. The zero-order valence-corrected chi connectivity index (χ0v) is 17.3. The molecule has 4 nitrogen and oxygen atoms in total. The molecule has 2 aromatic carbocycles. The van der Waals surface area contributed by atoms with Gasteiger partial charge in [0.05, 0.1) is 6.54 Å². The van der Waals surface area contributed by atoms with Crippen LogP contribution in [-0.2, 0) is 10.2 Å². The number of ether oxygens (including phenoxy) is 1. The Morgan fingerprint density at radius 3 is 2.46 bits per heavy atom. The molecule has 1 aliphatic carbocycles. The molecular weight excluding hydrogens is 395 g/mol. The van der Waals surface area contributed by atoms with Crippen molar-refractivity contribution in [1.82, 2.24) is 4.90 Å². The molecule has 4 rings (SSSR count). The first kappa shape index (κ1) is 21.0. The molecule has 6 heteroatoms. The van der Waals surface area contributed by atoms with Gasteiger partial charge in [0.25, 0.3) is 0 Å². The molecule has 2 N–H and O–H groups in total. The Bertz CT molecular complexity index is 807. The number of benzene rings is 2. The minimum atomic E-state index is -0.197. The molecule has 0 aromatic heterocycles. The highest BCUT2D eigenvalue weighted by molar-refractivity contribution is 6.30. The summed E-state index contributed by atoms with van der Waals surface area (Å²) in [5, 5.41) is 0.747. The Morgan fingerprint density at radius 1 is 1.11 bits per heavy atom. The summed E-state index contributed by atoms with van der Waals surface area (Å²) >= 11 is 6.20. The number of cyclic esters (lactones) is 1. The van der Waals surface area contributed by atoms with Gasteiger partial charge in [0, 0.05) is 23.0 Å². The molecule has 2 fully saturated rings. The second-order valence-electron chi connectivity index (χ2n) is 7.66. The van der Waals surface area contributed by atoms with Crippen LogP contribution in [-0.4, -0.2) is 30.1 Å². The molecule has 150 valence electrons. The van der Waals surface area contributed by atoms with E-state index in [1.54, 1.807) is 0 Å². The molecular formula is C22H26Cl2N2O2. The van der Waals surface area contributed by atoms with Crippen molar-refractivity contribution in [2.45, 2.75) is 43.2 Å². The van der Waals surface area contributed by atoms with E-state index in [2.05, 4.69) is 6.07 Å². The van der Waals surface area contributed by atoms with Crippen molar-refractivity contribution >= 4 is 30.1 Å². The number of carbonyl (C=O) groups is 1. The van der Waals surface area contributed by atoms with Crippen molar-refractivity contribution in [3.05, 3.63) is 70.7 Å². The number of hydrogen-bond donors (Lipinski definition) is 1. The third kappa shape index (κ3) is 4.00. The van der Waals surface area contributed by atoms with Gasteiger partial charge in [-0.3, -0.25) is 0 Å². The van der Waals surface area contributed by atoms with Crippen LogP contribution in [0.15, 0.2) is 54.6 Å². The summed E-state index contributed by atoms with van der Waals surface area (Å²) < 4.78 is 5.64. The van der Waals surface area contributed by atoms with Crippen LogP contribution in [0.5, 0.6) is 0 Å². The molecule has 2 aromatic rings. The van der Waals surface area contributed by atoms with Gasteiger partial charge in [-0.1, -0.05) is 54.1 Å². The SMILES string of the molecule is Cl.NCC1(c2cccc(Cl)c2)CCC(N2C[C@H](c3ccccc3)OC2=O)CC1. The molecule has 0 radical (unpaired) electrons. The quantitative estimate of drug-likeness (QED) is 0.748. The van der Waals surface area contributed by atoms with Crippen LogP contribution in [0.1, 0.15) is 42.9 Å². The van der Waals surface area contributed by atoms with Crippen molar-refractivity contribution in [2.24, 2.45) is 5.73 Å². The predicted octanol–water partition coefficient (Wildman–Crippen LogP) is 5.09. The first-order valence-corrected chi connectivity index (χ1v) is 9.97. The minimum Gasteiger partial charge on any atom is -0.439 e. The maximum atomic E-state index is 12.5. The van der Waals surface area contributed by atoms with Gasteiger partial charge in [-0.15, -0.1) is 12.4 Å². The lowest BCUT2D eigenvalue weighted by Gasteiger charge is -2.42. The van der Waals surface area contributed by atoms with Gasteiger partial charge in [-0.05, 0) is 48.9 Å². The van der Waals surface area contributed by atoms with Gasteiger partial charge in [0.15, 0.2) is 0 Å². The first-order valence-electron chi connectivity index (χ1n) is 9.60. The van der Waals surface area contributed by atoms with Gasteiger partial charge in [0.2, 0.25) is 0 Å². The van der Waals surface area contributed by atoms with Crippen molar-refractivity contribution in [2.75, 3.05) is 13.1 Å². The molecule has 0 bridgehead atoms. The Balaban J connectivity index is 0.00000225. The topological polar surface area (TPSA) is 55.6 Å². The van der Waals surface area contributed by atoms with Gasteiger partial charge in [-0.2, -0.15) is 0 Å². The Labute approximate surface area is 177 Å². The van der Waals surface area contributed by atoms with E-state index in [1.165, 1.54) is 5.56 Å². The Kier molecular flexibility index (Phi) is 6.54. The molecule has 1 atom stereocenters. The lowest BCUT2D eigenvalue weighted by Crippen LogP contribution is -2.45. The molecule has 1 amide bonds. The van der Waals surface area contributed by atoms with Gasteiger partial charge < -0.3 is 15.4 Å². The van der Waals surface area contributed by atoms with E-state index in [9.17, 15) is 4.79 Å². The summed E-state index contributed by atoms with van der Waals surface area (Å²) in [6.07, 6.45) is 3.40. The smallest absolute Gasteiger partial charge is 0.410 e. The fourth-order valence-electron chi connectivity index (χ4n) is 4.51. The second-order valence-corrected chi connectivity index (χ2v) is 8.10. The van der Waals surface area contributed by atoms with Gasteiger partial charge >= 0.3 is 6.09 Å². The predicted molar refractivity (Wildman–Crippen MR) is 114 cm³/mol. The normalized spacial score (nSPS) is 27.2. The third-order valence-electron chi connectivity index (χ3n) is 6.19. The van der Waals surface area contributed by atoms with Gasteiger partial charge in [-0.25, -0.2) is 4.79 Å². The summed E-state index contributed by atoms with van der Waals surface area (Å²) in [7, 11) is 0. The molecule has 1 aliphatic heterocycles. The van der Waals surface area contributed by atoms with Gasteiger partial charge in [0.1, 0.15) is 6.10 Å².